The van der Waals surface area contributed by atoms with Crippen LogP contribution in [0, 0.1) is 0 Å². The highest BCUT2D eigenvalue weighted by atomic mass is 16.5. The molecule has 2 aliphatic heterocycles. The van der Waals surface area contributed by atoms with Crippen molar-refractivity contribution in [1.29, 1.82) is 0 Å². The van der Waals surface area contributed by atoms with Gasteiger partial charge in [0.15, 0.2) is 5.78 Å². The molecule has 156 valence electrons. The van der Waals surface area contributed by atoms with E-state index in [1.165, 1.54) is 43.5 Å². The van der Waals surface area contributed by atoms with Gasteiger partial charge in [-0.25, -0.2) is 0 Å². The van der Waals surface area contributed by atoms with Gasteiger partial charge in [-0.2, -0.15) is 0 Å². The monoisotopic (exact) mass is 402 g/mol. The second-order valence-corrected chi connectivity index (χ2v) is 8.64. The van der Waals surface area contributed by atoms with E-state index in [9.17, 15) is 4.79 Å². The van der Waals surface area contributed by atoms with E-state index in [-0.39, 0.29) is 5.78 Å². The lowest BCUT2D eigenvalue weighted by molar-refractivity contribution is -0.112. The predicted molar refractivity (Wildman–Crippen MR) is 120 cm³/mol. The predicted octanol–water partition coefficient (Wildman–Crippen LogP) is 3.83. The lowest BCUT2D eigenvalue weighted by atomic mass is 9.98. The fraction of sp³-hybridized carbons (Fsp3) is 0.423. The number of carbonyl (C=O) groups is 1. The lowest BCUT2D eigenvalue weighted by Crippen LogP contribution is -2.36. The number of Topliss-reactive ketones (excluding diaryl/α,β-unsaturated/α-hetero) is 1. The van der Waals surface area contributed by atoms with Crippen LogP contribution in [0.25, 0.3) is 11.3 Å². The van der Waals surface area contributed by atoms with Crippen molar-refractivity contribution in [1.82, 2.24) is 10.2 Å². The van der Waals surface area contributed by atoms with Gasteiger partial charge in [0.05, 0.1) is 5.57 Å². The number of ether oxygens (including phenoxy) is 1. The van der Waals surface area contributed by atoms with Crippen LogP contribution < -0.4 is 5.32 Å². The standard InChI is InChI=1S/C26H30N2O2/c29-24-17-20-6-2-3-7-22(20)25(24)26-23-9-8-19(16-21(23)18-30-26)10-11-27-12-15-28-13-4-1-5-14-28/h2-3,6-9,16,27H,1,4-5,10-15,17-18H2/b26-25+. The lowest BCUT2D eigenvalue weighted by Gasteiger charge is -2.26. The molecule has 30 heavy (non-hydrogen) atoms. The molecule has 2 aromatic carbocycles. The van der Waals surface area contributed by atoms with Crippen molar-refractivity contribution >= 4 is 17.1 Å². The summed E-state index contributed by atoms with van der Waals surface area (Å²) in [5, 5.41) is 3.59. The maximum absolute atomic E-state index is 12.7. The molecule has 0 spiro atoms. The Hall–Kier alpha value is -2.43. The number of piperidine rings is 1. The highest BCUT2D eigenvalue weighted by molar-refractivity contribution is 6.31. The van der Waals surface area contributed by atoms with Crippen LogP contribution in [-0.4, -0.2) is 43.4 Å². The summed E-state index contributed by atoms with van der Waals surface area (Å²) in [6, 6.07) is 14.6. The van der Waals surface area contributed by atoms with Crippen LogP contribution in [0.2, 0.25) is 0 Å². The molecule has 0 bridgehead atoms. The Morgan fingerprint density at radius 3 is 2.70 bits per heavy atom. The van der Waals surface area contributed by atoms with Gasteiger partial charge in [0.1, 0.15) is 12.4 Å². The van der Waals surface area contributed by atoms with E-state index in [0.29, 0.717) is 13.0 Å². The molecule has 4 heteroatoms. The van der Waals surface area contributed by atoms with Crippen molar-refractivity contribution < 1.29 is 9.53 Å². The van der Waals surface area contributed by atoms with Gasteiger partial charge in [-0.15, -0.1) is 0 Å². The highest BCUT2D eigenvalue weighted by Crippen LogP contribution is 2.40. The quantitative estimate of drug-likeness (QED) is 0.589. The third-order valence-electron chi connectivity index (χ3n) is 6.57. The number of carbonyl (C=O) groups excluding carboxylic acids is 1. The molecular weight excluding hydrogens is 372 g/mol. The summed E-state index contributed by atoms with van der Waals surface area (Å²) >= 11 is 0. The Kier molecular flexibility index (Phi) is 5.69. The van der Waals surface area contributed by atoms with Crippen LogP contribution in [0.3, 0.4) is 0 Å². The van der Waals surface area contributed by atoms with Crippen LogP contribution in [-0.2, 0) is 29.0 Å². The van der Waals surface area contributed by atoms with Crippen molar-refractivity contribution in [2.75, 3.05) is 32.7 Å². The van der Waals surface area contributed by atoms with E-state index < -0.39 is 0 Å². The van der Waals surface area contributed by atoms with Crippen molar-refractivity contribution in [2.24, 2.45) is 0 Å². The number of ketones is 1. The van der Waals surface area contributed by atoms with E-state index >= 15 is 0 Å². The smallest absolute Gasteiger partial charge is 0.171 e. The van der Waals surface area contributed by atoms with Crippen LogP contribution in [0.15, 0.2) is 42.5 Å². The van der Waals surface area contributed by atoms with Crippen LogP contribution >= 0.6 is 0 Å². The van der Waals surface area contributed by atoms with E-state index in [2.05, 4.69) is 28.4 Å². The molecule has 0 radical (unpaired) electrons. The Morgan fingerprint density at radius 1 is 0.933 bits per heavy atom. The summed E-state index contributed by atoms with van der Waals surface area (Å²) in [6.45, 7) is 6.29. The summed E-state index contributed by atoms with van der Waals surface area (Å²) < 4.78 is 6.04. The van der Waals surface area contributed by atoms with Gasteiger partial charge in [-0.3, -0.25) is 4.79 Å². The fourth-order valence-corrected chi connectivity index (χ4v) is 4.93. The van der Waals surface area contributed by atoms with Crippen LogP contribution in [0.4, 0.5) is 0 Å². The zero-order valence-corrected chi connectivity index (χ0v) is 17.6. The normalized spacial score (nSPS) is 20.9. The summed E-state index contributed by atoms with van der Waals surface area (Å²) in [6.07, 6.45) is 5.60. The Labute approximate surface area is 178 Å². The first-order valence-corrected chi connectivity index (χ1v) is 11.3. The molecule has 0 saturated carbocycles. The molecule has 0 amide bonds. The van der Waals surface area contributed by atoms with E-state index in [1.54, 1.807) is 0 Å². The number of nitrogens with zero attached hydrogens (tertiary/aromatic N) is 1. The second-order valence-electron chi connectivity index (χ2n) is 8.64. The number of benzene rings is 2. The number of allylic oxidation sites excluding steroid dienone is 1. The maximum Gasteiger partial charge on any atom is 0.171 e. The Bertz CT molecular complexity index is 973. The Balaban J connectivity index is 1.22. The van der Waals surface area contributed by atoms with Gasteiger partial charge in [0.2, 0.25) is 0 Å². The van der Waals surface area contributed by atoms with Crippen LogP contribution in [0.5, 0.6) is 0 Å². The van der Waals surface area contributed by atoms with Crippen LogP contribution in [0.1, 0.15) is 47.1 Å². The van der Waals surface area contributed by atoms with E-state index in [1.807, 2.05) is 24.3 Å². The van der Waals surface area contributed by atoms with Crippen molar-refractivity contribution in [2.45, 2.75) is 38.7 Å². The van der Waals surface area contributed by atoms with Gasteiger partial charge < -0.3 is 15.0 Å². The first kappa shape index (κ1) is 19.5. The van der Waals surface area contributed by atoms with Crippen molar-refractivity contribution in [3.05, 3.63) is 70.3 Å². The van der Waals surface area contributed by atoms with E-state index in [0.717, 1.165) is 54.1 Å². The molecule has 5 rings (SSSR count). The summed E-state index contributed by atoms with van der Waals surface area (Å²) in [5.41, 5.74) is 6.50. The summed E-state index contributed by atoms with van der Waals surface area (Å²) in [4.78, 5) is 15.2. The van der Waals surface area contributed by atoms with Gasteiger partial charge in [0.25, 0.3) is 0 Å². The average molecular weight is 403 g/mol. The van der Waals surface area contributed by atoms with Gasteiger partial charge in [0, 0.05) is 30.6 Å². The molecular formula is C26H30N2O2. The second kappa shape index (κ2) is 8.75. The van der Waals surface area contributed by atoms with E-state index in [4.69, 9.17) is 4.74 Å². The molecule has 1 N–H and O–H groups in total. The third-order valence-corrected chi connectivity index (χ3v) is 6.57. The minimum absolute atomic E-state index is 0.168. The average Bonchev–Trinajstić information content (AvgIpc) is 3.33. The fourth-order valence-electron chi connectivity index (χ4n) is 4.93. The maximum atomic E-state index is 12.7. The molecule has 0 aromatic heterocycles. The van der Waals surface area contributed by atoms with Crippen molar-refractivity contribution in [3.63, 3.8) is 0 Å². The third kappa shape index (κ3) is 3.94. The van der Waals surface area contributed by atoms with Crippen molar-refractivity contribution in [3.8, 4) is 0 Å². The first-order valence-electron chi connectivity index (χ1n) is 11.3. The first-order chi connectivity index (χ1) is 14.8. The molecule has 0 unspecified atom stereocenters. The minimum Gasteiger partial charge on any atom is -0.487 e. The van der Waals surface area contributed by atoms with Gasteiger partial charge >= 0.3 is 0 Å². The molecule has 4 nitrogen and oxygen atoms in total. The largest absolute Gasteiger partial charge is 0.487 e. The Morgan fingerprint density at radius 2 is 1.80 bits per heavy atom. The zero-order chi connectivity index (χ0) is 20.3. The number of rotatable bonds is 6. The SMILES string of the molecule is O=C1Cc2ccccc2/C1=C1\OCc2cc(CCNCCN3CCCCC3)ccc21. The molecule has 2 aromatic rings. The summed E-state index contributed by atoms with van der Waals surface area (Å²) in [7, 11) is 0. The highest BCUT2D eigenvalue weighted by Gasteiger charge is 2.32. The number of hydrogen-bond acceptors (Lipinski definition) is 4. The minimum atomic E-state index is 0.168. The number of hydrogen-bond donors (Lipinski definition) is 1. The molecule has 1 saturated heterocycles. The number of nitrogens with one attached hydrogen (secondary N) is 1. The molecule has 1 fully saturated rings. The topological polar surface area (TPSA) is 41.6 Å². The summed E-state index contributed by atoms with van der Waals surface area (Å²) in [5.74, 6) is 0.937. The van der Waals surface area contributed by atoms with Gasteiger partial charge in [-0.05, 0) is 55.6 Å². The molecule has 3 aliphatic rings. The zero-order valence-electron chi connectivity index (χ0n) is 17.6. The number of likely N-dealkylation sites (tertiary alicyclic amines) is 1. The molecule has 1 aliphatic carbocycles. The molecule has 0 atom stereocenters. The molecule has 2 heterocycles. The van der Waals surface area contributed by atoms with Gasteiger partial charge in [-0.1, -0.05) is 48.9 Å². The number of fused-ring (bicyclic) bond motifs is 2.